The lowest BCUT2D eigenvalue weighted by molar-refractivity contribution is -0.121. The molecule has 2 atom stereocenters. The topological polar surface area (TPSA) is 44.4 Å². The third-order valence-corrected chi connectivity index (χ3v) is 5.17. The standard InChI is InChI=1S/C16H33N3OS/c1-5-19(6-2)15(9-13(3)4)11-18-16(20)10-14-12-21-8-7-17-14/h13-15,17H,5-12H2,1-4H3,(H,18,20). The summed E-state index contributed by atoms with van der Waals surface area (Å²) in [6.07, 6.45) is 1.75. The maximum atomic E-state index is 12.1. The van der Waals surface area contributed by atoms with Gasteiger partial charge in [-0.1, -0.05) is 27.7 Å². The van der Waals surface area contributed by atoms with Crippen molar-refractivity contribution < 1.29 is 4.79 Å². The SMILES string of the molecule is CCN(CC)C(CNC(=O)CC1CSCCN1)CC(C)C. The lowest BCUT2D eigenvalue weighted by Crippen LogP contribution is -2.46. The Morgan fingerprint density at radius 1 is 1.38 bits per heavy atom. The molecular formula is C16H33N3OS. The molecule has 0 radical (unpaired) electrons. The number of rotatable bonds is 9. The third kappa shape index (κ3) is 7.52. The van der Waals surface area contributed by atoms with Crippen molar-refractivity contribution in [1.82, 2.24) is 15.5 Å². The molecule has 1 aliphatic rings. The predicted molar refractivity (Wildman–Crippen MR) is 92.9 cm³/mol. The first kappa shape index (κ1) is 18.8. The summed E-state index contributed by atoms with van der Waals surface area (Å²) in [4.78, 5) is 14.6. The minimum atomic E-state index is 0.191. The Morgan fingerprint density at radius 2 is 2.10 bits per heavy atom. The van der Waals surface area contributed by atoms with E-state index in [1.165, 1.54) is 0 Å². The highest BCUT2D eigenvalue weighted by molar-refractivity contribution is 7.99. The second-order valence-corrected chi connectivity index (χ2v) is 7.39. The van der Waals surface area contributed by atoms with E-state index in [4.69, 9.17) is 0 Å². The van der Waals surface area contributed by atoms with Crippen LogP contribution in [0.5, 0.6) is 0 Å². The molecule has 1 fully saturated rings. The monoisotopic (exact) mass is 315 g/mol. The van der Waals surface area contributed by atoms with Crippen molar-refractivity contribution in [2.75, 3.05) is 37.7 Å². The molecule has 1 amide bonds. The van der Waals surface area contributed by atoms with Crippen LogP contribution < -0.4 is 10.6 Å². The molecule has 1 heterocycles. The van der Waals surface area contributed by atoms with Crippen LogP contribution in [0.4, 0.5) is 0 Å². The van der Waals surface area contributed by atoms with Crippen LogP contribution >= 0.6 is 11.8 Å². The molecule has 0 aromatic carbocycles. The molecule has 4 nitrogen and oxygen atoms in total. The number of nitrogens with zero attached hydrogens (tertiary/aromatic N) is 1. The highest BCUT2D eigenvalue weighted by Gasteiger charge is 2.20. The normalized spacial score (nSPS) is 20.8. The molecule has 1 aliphatic heterocycles. The molecule has 5 heteroatoms. The van der Waals surface area contributed by atoms with E-state index in [1.54, 1.807) is 0 Å². The minimum Gasteiger partial charge on any atom is -0.354 e. The van der Waals surface area contributed by atoms with Gasteiger partial charge in [-0.15, -0.1) is 0 Å². The smallest absolute Gasteiger partial charge is 0.221 e. The molecule has 1 rings (SSSR count). The average molecular weight is 316 g/mol. The van der Waals surface area contributed by atoms with Crippen LogP contribution in [-0.4, -0.2) is 60.6 Å². The third-order valence-electron chi connectivity index (χ3n) is 4.04. The number of thioether (sulfide) groups is 1. The van der Waals surface area contributed by atoms with Gasteiger partial charge in [0.15, 0.2) is 0 Å². The van der Waals surface area contributed by atoms with Crippen molar-refractivity contribution in [2.45, 2.75) is 52.6 Å². The molecule has 0 spiro atoms. The molecule has 2 unspecified atom stereocenters. The van der Waals surface area contributed by atoms with Gasteiger partial charge in [-0.2, -0.15) is 11.8 Å². The summed E-state index contributed by atoms with van der Waals surface area (Å²) in [6.45, 7) is 12.8. The van der Waals surface area contributed by atoms with Crippen LogP contribution in [0.3, 0.4) is 0 Å². The van der Waals surface area contributed by atoms with Crippen molar-refractivity contribution in [3.63, 3.8) is 0 Å². The molecule has 0 aliphatic carbocycles. The number of carbonyl (C=O) groups excluding carboxylic acids is 1. The molecule has 0 aromatic rings. The first-order valence-electron chi connectivity index (χ1n) is 8.38. The van der Waals surface area contributed by atoms with Crippen molar-refractivity contribution in [1.29, 1.82) is 0 Å². The van der Waals surface area contributed by atoms with E-state index >= 15 is 0 Å². The summed E-state index contributed by atoms with van der Waals surface area (Å²) >= 11 is 1.94. The van der Waals surface area contributed by atoms with Crippen LogP contribution in [0.1, 0.15) is 40.5 Å². The maximum absolute atomic E-state index is 12.1. The summed E-state index contributed by atoms with van der Waals surface area (Å²) in [5.74, 6) is 3.06. The van der Waals surface area contributed by atoms with E-state index in [1.807, 2.05) is 11.8 Å². The van der Waals surface area contributed by atoms with Gasteiger partial charge in [-0.25, -0.2) is 0 Å². The Kier molecular flexibility index (Phi) is 9.36. The van der Waals surface area contributed by atoms with Crippen LogP contribution in [0, 0.1) is 5.92 Å². The molecule has 124 valence electrons. The Hall–Kier alpha value is -0.260. The average Bonchev–Trinajstić information content (AvgIpc) is 2.46. The van der Waals surface area contributed by atoms with Gasteiger partial charge in [0.25, 0.3) is 0 Å². The van der Waals surface area contributed by atoms with Crippen LogP contribution in [-0.2, 0) is 4.79 Å². The van der Waals surface area contributed by atoms with Crippen molar-refractivity contribution in [3.8, 4) is 0 Å². The summed E-state index contributed by atoms with van der Waals surface area (Å²) < 4.78 is 0. The van der Waals surface area contributed by atoms with Gasteiger partial charge in [-0.05, 0) is 25.4 Å². The molecule has 21 heavy (non-hydrogen) atoms. The number of hydrogen-bond acceptors (Lipinski definition) is 4. The van der Waals surface area contributed by atoms with Crippen LogP contribution in [0.2, 0.25) is 0 Å². The number of likely N-dealkylation sites (N-methyl/N-ethyl adjacent to an activating group) is 1. The van der Waals surface area contributed by atoms with Crippen LogP contribution in [0.15, 0.2) is 0 Å². The first-order valence-corrected chi connectivity index (χ1v) is 9.54. The molecule has 0 bridgehead atoms. The van der Waals surface area contributed by atoms with Gasteiger partial charge < -0.3 is 10.6 Å². The van der Waals surface area contributed by atoms with Gasteiger partial charge in [0.05, 0.1) is 0 Å². The zero-order valence-electron chi connectivity index (χ0n) is 14.2. The van der Waals surface area contributed by atoms with Crippen molar-refractivity contribution in [3.05, 3.63) is 0 Å². The molecule has 0 saturated carbocycles. The fourth-order valence-corrected chi connectivity index (χ4v) is 3.87. The fraction of sp³-hybridized carbons (Fsp3) is 0.938. The maximum Gasteiger partial charge on any atom is 0.221 e. The summed E-state index contributed by atoms with van der Waals surface area (Å²) in [5.41, 5.74) is 0. The molecule has 0 aromatic heterocycles. The van der Waals surface area contributed by atoms with E-state index in [9.17, 15) is 4.79 Å². The Morgan fingerprint density at radius 3 is 2.62 bits per heavy atom. The second kappa shape index (κ2) is 10.5. The number of nitrogens with one attached hydrogen (secondary N) is 2. The van der Waals surface area contributed by atoms with E-state index in [-0.39, 0.29) is 5.91 Å². The van der Waals surface area contributed by atoms with E-state index < -0.39 is 0 Å². The summed E-state index contributed by atoms with van der Waals surface area (Å²) in [7, 11) is 0. The molecule has 1 saturated heterocycles. The van der Waals surface area contributed by atoms with Gasteiger partial charge in [-0.3, -0.25) is 9.69 Å². The highest BCUT2D eigenvalue weighted by Crippen LogP contribution is 2.12. The number of hydrogen-bond donors (Lipinski definition) is 2. The second-order valence-electron chi connectivity index (χ2n) is 6.24. The van der Waals surface area contributed by atoms with Gasteiger partial charge >= 0.3 is 0 Å². The minimum absolute atomic E-state index is 0.191. The van der Waals surface area contributed by atoms with Gasteiger partial charge in [0.2, 0.25) is 5.91 Å². The Balaban J connectivity index is 2.37. The molecule has 2 N–H and O–H groups in total. The predicted octanol–water partition coefficient (Wildman–Crippen LogP) is 1.95. The van der Waals surface area contributed by atoms with Gasteiger partial charge in [0.1, 0.15) is 0 Å². The highest BCUT2D eigenvalue weighted by atomic mass is 32.2. The summed E-state index contributed by atoms with van der Waals surface area (Å²) in [6, 6.07) is 0.804. The van der Waals surface area contributed by atoms with Crippen molar-refractivity contribution in [2.24, 2.45) is 5.92 Å². The first-order chi connectivity index (χ1) is 10.1. The van der Waals surface area contributed by atoms with Crippen LogP contribution in [0.25, 0.3) is 0 Å². The lowest BCUT2D eigenvalue weighted by Gasteiger charge is -2.31. The fourth-order valence-electron chi connectivity index (χ4n) is 2.92. The summed E-state index contributed by atoms with van der Waals surface area (Å²) in [5, 5.41) is 6.58. The molecular weight excluding hydrogens is 282 g/mol. The Bertz CT molecular complexity index is 289. The Labute approximate surface area is 134 Å². The number of carbonyl (C=O) groups is 1. The number of amides is 1. The van der Waals surface area contributed by atoms with Crippen molar-refractivity contribution >= 4 is 17.7 Å². The quantitative estimate of drug-likeness (QED) is 0.683. The van der Waals surface area contributed by atoms with E-state index in [2.05, 4.69) is 43.2 Å². The zero-order valence-corrected chi connectivity index (χ0v) is 15.0. The van der Waals surface area contributed by atoms with Gasteiger partial charge in [0, 0.05) is 43.1 Å². The zero-order chi connectivity index (χ0) is 15.7. The van der Waals surface area contributed by atoms with E-state index in [0.29, 0.717) is 24.4 Å². The van der Waals surface area contributed by atoms with E-state index in [0.717, 1.165) is 44.1 Å². The largest absolute Gasteiger partial charge is 0.354 e. The lowest BCUT2D eigenvalue weighted by atomic mass is 10.0.